The number of aromatic nitrogens is 3. The molecule has 0 aliphatic heterocycles. The number of benzene rings is 1. The van der Waals surface area contributed by atoms with E-state index in [1.54, 1.807) is 25.3 Å². The van der Waals surface area contributed by atoms with E-state index < -0.39 is 18.5 Å². The van der Waals surface area contributed by atoms with Gasteiger partial charge in [-0.3, -0.25) is 4.79 Å². The molecule has 31 heavy (non-hydrogen) atoms. The predicted octanol–water partition coefficient (Wildman–Crippen LogP) is 2.84. The zero-order chi connectivity index (χ0) is 22.4. The Hall–Kier alpha value is -3.55. The molecule has 0 bridgehead atoms. The maximum Gasteiger partial charge on any atom is 0.349 e. The fourth-order valence-electron chi connectivity index (χ4n) is 3.10. The number of methoxy groups -OCH3 is 1. The van der Waals surface area contributed by atoms with E-state index in [0.29, 0.717) is 29.9 Å². The fourth-order valence-corrected chi connectivity index (χ4v) is 3.64. The van der Waals surface area contributed by atoms with Gasteiger partial charge in [0, 0.05) is 25.0 Å². The molecular formula is C21H21N5O4S. The molecule has 0 radical (unpaired) electrons. The Balaban J connectivity index is 1.65. The van der Waals surface area contributed by atoms with E-state index in [-0.39, 0.29) is 5.57 Å². The molecule has 2 aromatic heterocycles. The number of anilines is 1. The Morgan fingerprint density at radius 1 is 1.32 bits per heavy atom. The summed E-state index contributed by atoms with van der Waals surface area (Å²) in [6.07, 6.45) is 1.47. The Labute approximate surface area is 183 Å². The van der Waals surface area contributed by atoms with Crippen LogP contribution in [0.3, 0.4) is 0 Å². The van der Waals surface area contributed by atoms with Gasteiger partial charge in [0.15, 0.2) is 6.61 Å². The van der Waals surface area contributed by atoms with Gasteiger partial charge in [-0.25, -0.2) is 4.79 Å². The number of ether oxygens (including phenoxy) is 2. The quantitative estimate of drug-likeness (QED) is 0.326. The van der Waals surface area contributed by atoms with E-state index in [4.69, 9.17) is 9.47 Å². The minimum Gasteiger partial charge on any atom is -0.451 e. The summed E-state index contributed by atoms with van der Waals surface area (Å²) in [5, 5.41) is 12.0. The molecular weight excluding hydrogens is 418 g/mol. The monoisotopic (exact) mass is 439 g/mol. The lowest BCUT2D eigenvalue weighted by Gasteiger charge is -2.08. The lowest BCUT2D eigenvalue weighted by Crippen LogP contribution is -2.21. The summed E-state index contributed by atoms with van der Waals surface area (Å²) in [7, 11) is 1.63. The highest BCUT2D eigenvalue weighted by molar-refractivity contribution is 7.00. The SMILES string of the molecule is COCCn1c(C)cc(/C=C(\C#N)C(=O)OCC(=O)Nc2cccc3nsnc23)c1C. The average molecular weight is 439 g/mol. The second-order valence-corrected chi connectivity index (χ2v) is 7.23. The molecule has 1 aromatic carbocycles. The van der Waals surface area contributed by atoms with Gasteiger partial charge in [-0.2, -0.15) is 14.0 Å². The van der Waals surface area contributed by atoms with Crippen molar-refractivity contribution in [3.63, 3.8) is 0 Å². The minimum atomic E-state index is -0.868. The number of esters is 1. The predicted molar refractivity (Wildman–Crippen MR) is 116 cm³/mol. The average Bonchev–Trinajstić information content (AvgIpc) is 3.34. The van der Waals surface area contributed by atoms with Gasteiger partial charge in [0.25, 0.3) is 5.91 Å². The van der Waals surface area contributed by atoms with Gasteiger partial charge < -0.3 is 19.4 Å². The molecule has 0 saturated heterocycles. The normalized spacial score (nSPS) is 11.4. The Kier molecular flexibility index (Phi) is 7.12. The number of fused-ring (bicyclic) bond motifs is 1. The van der Waals surface area contributed by atoms with Crippen molar-refractivity contribution in [1.29, 1.82) is 5.26 Å². The first kappa shape index (κ1) is 22.1. The highest BCUT2D eigenvalue weighted by atomic mass is 32.1. The van der Waals surface area contributed by atoms with Crippen LogP contribution in [0.4, 0.5) is 5.69 Å². The number of amides is 1. The molecule has 1 N–H and O–H groups in total. The second-order valence-electron chi connectivity index (χ2n) is 6.70. The molecule has 0 unspecified atom stereocenters. The van der Waals surface area contributed by atoms with Gasteiger partial charge in [0.05, 0.1) is 24.0 Å². The molecule has 0 atom stereocenters. The van der Waals surface area contributed by atoms with Gasteiger partial charge in [-0.05, 0) is 43.7 Å². The van der Waals surface area contributed by atoms with Crippen LogP contribution in [0.5, 0.6) is 0 Å². The van der Waals surface area contributed by atoms with Crippen LogP contribution in [0.15, 0.2) is 29.8 Å². The smallest absolute Gasteiger partial charge is 0.349 e. The number of rotatable bonds is 8. The molecule has 0 spiro atoms. The first-order chi connectivity index (χ1) is 14.9. The summed E-state index contributed by atoms with van der Waals surface area (Å²) in [6, 6.07) is 8.93. The lowest BCUT2D eigenvalue weighted by molar-refractivity contribution is -0.142. The summed E-state index contributed by atoms with van der Waals surface area (Å²) < 4.78 is 20.4. The summed E-state index contributed by atoms with van der Waals surface area (Å²) in [6.45, 7) is 4.52. The van der Waals surface area contributed by atoms with Crippen molar-refractivity contribution >= 4 is 46.4 Å². The fraction of sp³-hybridized carbons (Fsp3) is 0.286. The molecule has 9 nitrogen and oxygen atoms in total. The van der Waals surface area contributed by atoms with Gasteiger partial charge in [0.2, 0.25) is 0 Å². The van der Waals surface area contributed by atoms with E-state index in [1.807, 2.05) is 30.6 Å². The van der Waals surface area contributed by atoms with Crippen molar-refractivity contribution < 1.29 is 19.1 Å². The third-order valence-corrected chi connectivity index (χ3v) is 5.21. The lowest BCUT2D eigenvalue weighted by atomic mass is 10.1. The van der Waals surface area contributed by atoms with Crippen LogP contribution in [0.25, 0.3) is 17.1 Å². The summed E-state index contributed by atoms with van der Waals surface area (Å²) in [5.74, 6) is -1.41. The van der Waals surface area contributed by atoms with E-state index in [2.05, 4.69) is 14.1 Å². The molecule has 0 fully saturated rings. The van der Waals surface area contributed by atoms with Crippen LogP contribution < -0.4 is 5.32 Å². The molecule has 1 amide bonds. The molecule has 3 rings (SSSR count). The molecule has 0 aliphatic rings. The number of carbonyl (C=O) groups is 2. The van der Waals surface area contributed by atoms with Crippen molar-refractivity contribution in [2.45, 2.75) is 20.4 Å². The first-order valence-corrected chi connectivity index (χ1v) is 10.1. The molecule has 10 heteroatoms. The highest BCUT2D eigenvalue weighted by Gasteiger charge is 2.16. The molecule has 0 aliphatic carbocycles. The van der Waals surface area contributed by atoms with Crippen LogP contribution >= 0.6 is 11.7 Å². The number of aryl methyl sites for hydroxylation is 1. The zero-order valence-electron chi connectivity index (χ0n) is 17.3. The van der Waals surface area contributed by atoms with Crippen molar-refractivity contribution in [1.82, 2.24) is 13.3 Å². The van der Waals surface area contributed by atoms with Gasteiger partial charge >= 0.3 is 5.97 Å². The Bertz CT molecular complexity index is 1190. The maximum absolute atomic E-state index is 12.3. The Morgan fingerprint density at radius 2 is 2.13 bits per heavy atom. The van der Waals surface area contributed by atoms with Gasteiger partial charge in [-0.15, -0.1) is 0 Å². The molecule has 160 valence electrons. The number of nitriles is 1. The van der Waals surface area contributed by atoms with Crippen molar-refractivity contribution in [2.75, 3.05) is 25.6 Å². The number of hydrogen-bond donors (Lipinski definition) is 1. The van der Waals surface area contributed by atoms with Crippen LogP contribution in [-0.4, -0.2) is 45.5 Å². The molecule has 3 aromatic rings. The third-order valence-electron chi connectivity index (χ3n) is 4.67. The maximum atomic E-state index is 12.3. The standard InChI is InChI=1S/C21H21N5O4S/c1-13-9-15(14(2)26(13)7-8-29-3)10-16(11-22)21(28)30-12-19(27)23-17-5-4-6-18-20(17)25-31-24-18/h4-6,9-10H,7-8,12H2,1-3H3,(H,23,27)/b16-10+. The minimum absolute atomic E-state index is 0.189. The molecule has 2 heterocycles. The zero-order valence-corrected chi connectivity index (χ0v) is 18.2. The third kappa shape index (κ3) is 5.14. The van der Waals surface area contributed by atoms with Crippen LogP contribution in [0.1, 0.15) is 17.0 Å². The summed E-state index contributed by atoms with van der Waals surface area (Å²) in [5.41, 5.74) is 4.13. The summed E-state index contributed by atoms with van der Waals surface area (Å²) in [4.78, 5) is 24.5. The number of hydrogen-bond acceptors (Lipinski definition) is 8. The van der Waals surface area contributed by atoms with E-state index in [0.717, 1.165) is 28.7 Å². The topological polar surface area (TPSA) is 119 Å². The van der Waals surface area contributed by atoms with Crippen molar-refractivity contribution in [3.05, 3.63) is 46.8 Å². The summed E-state index contributed by atoms with van der Waals surface area (Å²) >= 11 is 1.04. The highest BCUT2D eigenvalue weighted by Crippen LogP contribution is 2.21. The largest absolute Gasteiger partial charge is 0.451 e. The van der Waals surface area contributed by atoms with E-state index in [9.17, 15) is 14.9 Å². The first-order valence-electron chi connectivity index (χ1n) is 9.40. The van der Waals surface area contributed by atoms with Crippen LogP contribution in [0.2, 0.25) is 0 Å². The van der Waals surface area contributed by atoms with E-state index >= 15 is 0 Å². The van der Waals surface area contributed by atoms with E-state index in [1.165, 1.54) is 6.08 Å². The van der Waals surface area contributed by atoms with Crippen LogP contribution in [0, 0.1) is 25.2 Å². The van der Waals surface area contributed by atoms with Crippen molar-refractivity contribution in [3.8, 4) is 6.07 Å². The second kappa shape index (κ2) is 9.97. The van der Waals surface area contributed by atoms with Crippen LogP contribution in [-0.2, 0) is 25.6 Å². The van der Waals surface area contributed by atoms with Gasteiger partial charge in [-0.1, -0.05) is 6.07 Å². The number of nitrogens with one attached hydrogen (secondary N) is 1. The van der Waals surface area contributed by atoms with Crippen molar-refractivity contribution in [2.24, 2.45) is 0 Å². The number of nitrogens with zero attached hydrogens (tertiary/aromatic N) is 4. The molecule has 0 saturated carbocycles. The number of carbonyl (C=O) groups excluding carboxylic acids is 2. The Morgan fingerprint density at radius 3 is 2.87 bits per heavy atom. The van der Waals surface area contributed by atoms with Gasteiger partial charge in [0.1, 0.15) is 22.7 Å².